The zero-order valence-corrected chi connectivity index (χ0v) is 17.0. The Hall–Kier alpha value is -2.52. The molecule has 0 atom stereocenters. The number of nitrogens with zero attached hydrogens (tertiary/aromatic N) is 2. The fourth-order valence-electron chi connectivity index (χ4n) is 2.21. The first-order chi connectivity index (χ1) is 13.1. The molecule has 9 heteroatoms. The molecule has 3 rings (SSSR count). The highest BCUT2D eigenvalue weighted by molar-refractivity contribution is 9.10. The first kappa shape index (κ1) is 19.2. The molecule has 140 valence electrons. The molecule has 7 nitrogen and oxygen atoms in total. The van der Waals surface area contributed by atoms with Crippen LogP contribution in [0.25, 0.3) is 11.5 Å². The lowest BCUT2D eigenvalue weighted by Gasteiger charge is -2.09. The number of nitrogens with one attached hydrogen (secondary N) is 1. The van der Waals surface area contributed by atoms with Crippen molar-refractivity contribution in [2.24, 2.45) is 0 Å². The Kier molecular flexibility index (Phi) is 6.36. The Morgan fingerprint density at radius 2 is 1.89 bits per heavy atom. The second kappa shape index (κ2) is 8.92. The van der Waals surface area contributed by atoms with Crippen molar-refractivity contribution in [1.29, 1.82) is 0 Å². The normalized spacial score (nSPS) is 10.5. The van der Waals surface area contributed by atoms with Gasteiger partial charge in [0, 0.05) is 33.9 Å². The van der Waals surface area contributed by atoms with E-state index in [0.717, 1.165) is 21.8 Å². The number of benzene rings is 2. The van der Waals surface area contributed by atoms with Crippen LogP contribution in [-0.4, -0.2) is 36.1 Å². The average Bonchev–Trinajstić information content (AvgIpc) is 3.15. The number of thioether (sulfide) groups is 1. The second-order valence-corrected chi connectivity index (χ2v) is 7.16. The van der Waals surface area contributed by atoms with Crippen molar-refractivity contribution in [2.45, 2.75) is 5.22 Å². The van der Waals surface area contributed by atoms with Crippen molar-refractivity contribution >= 4 is 39.3 Å². The van der Waals surface area contributed by atoms with E-state index in [4.69, 9.17) is 13.9 Å². The number of amides is 1. The quantitative estimate of drug-likeness (QED) is 0.539. The molecule has 0 bridgehead atoms. The molecule has 1 heterocycles. The van der Waals surface area contributed by atoms with Gasteiger partial charge in [-0.1, -0.05) is 33.8 Å². The maximum atomic E-state index is 12.2. The van der Waals surface area contributed by atoms with Crippen molar-refractivity contribution < 1.29 is 18.7 Å². The van der Waals surface area contributed by atoms with Gasteiger partial charge in [0.15, 0.2) is 0 Å². The molecule has 0 aliphatic heterocycles. The fourth-order valence-corrected chi connectivity index (χ4v) is 3.17. The van der Waals surface area contributed by atoms with Gasteiger partial charge in [-0.05, 0) is 18.2 Å². The molecule has 0 saturated heterocycles. The topological polar surface area (TPSA) is 86.5 Å². The van der Waals surface area contributed by atoms with Gasteiger partial charge in [0.05, 0.1) is 20.0 Å². The van der Waals surface area contributed by atoms with E-state index in [2.05, 4.69) is 31.4 Å². The molecule has 0 aliphatic carbocycles. The summed E-state index contributed by atoms with van der Waals surface area (Å²) in [5, 5.41) is 11.1. The third-order valence-electron chi connectivity index (χ3n) is 3.44. The summed E-state index contributed by atoms with van der Waals surface area (Å²) < 4.78 is 16.9. The van der Waals surface area contributed by atoms with Crippen LogP contribution in [0.4, 0.5) is 5.69 Å². The van der Waals surface area contributed by atoms with Gasteiger partial charge < -0.3 is 19.2 Å². The minimum atomic E-state index is -0.211. The molecule has 1 aromatic heterocycles. The van der Waals surface area contributed by atoms with Gasteiger partial charge in [-0.25, -0.2) is 0 Å². The Bertz CT molecular complexity index is 926. The number of hydrogen-bond donors (Lipinski definition) is 1. The molecule has 1 amide bonds. The Morgan fingerprint density at radius 3 is 2.56 bits per heavy atom. The van der Waals surface area contributed by atoms with E-state index in [0.29, 0.717) is 28.3 Å². The second-order valence-electron chi connectivity index (χ2n) is 5.32. The van der Waals surface area contributed by atoms with Crippen molar-refractivity contribution in [3.63, 3.8) is 0 Å². The van der Waals surface area contributed by atoms with Gasteiger partial charge in [0.2, 0.25) is 11.8 Å². The summed E-state index contributed by atoms with van der Waals surface area (Å²) in [6, 6.07) is 12.7. The van der Waals surface area contributed by atoms with Crippen LogP contribution in [0, 0.1) is 0 Å². The van der Waals surface area contributed by atoms with Crippen LogP contribution in [0.5, 0.6) is 11.5 Å². The standard InChI is InChI=1S/C18H16BrN3O4S/c1-24-14-7-13(8-15(9-14)25-2)20-16(23)10-27-18-22-21-17(26-18)11-4-3-5-12(19)6-11/h3-9H,10H2,1-2H3,(H,20,23). The molecule has 2 aromatic carbocycles. The summed E-state index contributed by atoms with van der Waals surface area (Å²) in [7, 11) is 3.10. The average molecular weight is 450 g/mol. The number of ether oxygens (including phenoxy) is 2. The molecular formula is C18H16BrN3O4S. The number of rotatable bonds is 7. The third-order valence-corrected chi connectivity index (χ3v) is 4.75. The predicted octanol–water partition coefficient (Wildman–Crippen LogP) is 4.25. The maximum Gasteiger partial charge on any atom is 0.277 e. The van der Waals surface area contributed by atoms with E-state index in [-0.39, 0.29) is 11.7 Å². The zero-order chi connectivity index (χ0) is 19.2. The lowest BCUT2D eigenvalue weighted by atomic mass is 10.2. The van der Waals surface area contributed by atoms with Crippen molar-refractivity contribution in [3.05, 3.63) is 46.9 Å². The number of methoxy groups -OCH3 is 2. The molecule has 0 fully saturated rings. The van der Waals surface area contributed by atoms with Crippen LogP contribution in [-0.2, 0) is 4.79 Å². The van der Waals surface area contributed by atoms with E-state index in [1.165, 1.54) is 0 Å². The first-order valence-electron chi connectivity index (χ1n) is 7.82. The fraction of sp³-hybridized carbons (Fsp3) is 0.167. The molecule has 0 saturated carbocycles. The van der Waals surface area contributed by atoms with Gasteiger partial charge in [0.25, 0.3) is 5.22 Å². The molecule has 0 radical (unpaired) electrons. The van der Waals surface area contributed by atoms with E-state index < -0.39 is 0 Å². The lowest BCUT2D eigenvalue weighted by molar-refractivity contribution is -0.113. The number of hydrogen-bond acceptors (Lipinski definition) is 7. The lowest BCUT2D eigenvalue weighted by Crippen LogP contribution is -2.14. The monoisotopic (exact) mass is 449 g/mol. The number of aromatic nitrogens is 2. The summed E-state index contributed by atoms with van der Waals surface area (Å²) in [5.74, 6) is 1.50. The number of anilines is 1. The summed E-state index contributed by atoms with van der Waals surface area (Å²) in [4.78, 5) is 12.2. The van der Waals surface area contributed by atoms with Gasteiger partial charge in [-0.15, -0.1) is 10.2 Å². The Balaban J connectivity index is 1.60. The van der Waals surface area contributed by atoms with Gasteiger partial charge >= 0.3 is 0 Å². The number of carbonyl (C=O) groups is 1. The Morgan fingerprint density at radius 1 is 1.15 bits per heavy atom. The Labute approximate surface area is 168 Å². The summed E-state index contributed by atoms with van der Waals surface area (Å²) in [5.41, 5.74) is 1.38. The van der Waals surface area contributed by atoms with E-state index in [1.54, 1.807) is 32.4 Å². The van der Waals surface area contributed by atoms with E-state index in [9.17, 15) is 4.79 Å². The molecular weight excluding hydrogens is 434 g/mol. The van der Waals surface area contributed by atoms with Crippen LogP contribution in [0.15, 0.2) is 56.6 Å². The first-order valence-corrected chi connectivity index (χ1v) is 9.60. The van der Waals surface area contributed by atoms with Crippen LogP contribution in [0.3, 0.4) is 0 Å². The minimum absolute atomic E-state index is 0.125. The number of halogens is 1. The van der Waals surface area contributed by atoms with Gasteiger partial charge in [0.1, 0.15) is 11.5 Å². The highest BCUT2D eigenvalue weighted by Gasteiger charge is 2.12. The molecule has 1 N–H and O–H groups in total. The highest BCUT2D eigenvalue weighted by atomic mass is 79.9. The highest BCUT2D eigenvalue weighted by Crippen LogP contribution is 2.27. The molecule has 0 aliphatic rings. The van der Waals surface area contributed by atoms with Crippen molar-refractivity contribution in [1.82, 2.24) is 10.2 Å². The third kappa shape index (κ3) is 5.24. The van der Waals surface area contributed by atoms with Gasteiger partial charge in [-0.3, -0.25) is 4.79 Å². The molecule has 3 aromatic rings. The van der Waals surface area contributed by atoms with Crippen molar-refractivity contribution in [2.75, 3.05) is 25.3 Å². The van der Waals surface area contributed by atoms with Crippen molar-refractivity contribution in [3.8, 4) is 23.0 Å². The van der Waals surface area contributed by atoms with Crippen LogP contribution >= 0.6 is 27.7 Å². The predicted molar refractivity (Wildman–Crippen MR) is 106 cm³/mol. The largest absolute Gasteiger partial charge is 0.497 e. The smallest absolute Gasteiger partial charge is 0.277 e. The molecule has 0 unspecified atom stereocenters. The summed E-state index contributed by atoms with van der Waals surface area (Å²) >= 11 is 4.56. The van der Waals surface area contributed by atoms with Crippen LogP contribution < -0.4 is 14.8 Å². The summed E-state index contributed by atoms with van der Waals surface area (Å²) in [6.45, 7) is 0. The SMILES string of the molecule is COc1cc(NC(=O)CSc2nnc(-c3cccc(Br)c3)o2)cc(OC)c1. The zero-order valence-electron chi connectivity index (χ0n) is 14.6. The van der Waals surface area contributed by atoms with Crippen LogP contribution in [0.1, 0.15) is 0 Å². The van der Waals surface area contributed by atoms with Gasteiger partial charge in [-0.2, -0.15) is 0 Å². The number of carbonyl (C=O) groups excluding carboxylic acids is 1. The molecule has 0 spiro atoms. The van der Waals surface area contributed by atoms with Crippen LogP contribution in [0.2, 0.25) is 0 Å². The van der Waals surface area contributed by atoms with E-state index in [1.807, 2.05) is 24.3 Å². The minimum Gasteiger partial charge on any atom is -0.497 e. The molecule has 27 heavy (non-hydrogen) atoms. The maximum absolute atomic E-state index is 12.2. The summed E-state index contributed by atoms with van der Waals surface area (Å²) in [6.07, 6.45) is 0. The van der Waals surface area contributed by atoms with E-state index >= 15 is 0 Å².